The van der Waals surface area contributed by atoms with Crippen LogP contribution in [0.4, 0.5) is 13.6 Å². The van der Waals surface area contributed by atoms with Crippen LogP contribution < -0.4 is 9.47 Å². The highest BCUT2D eigenvalue weighted by atomic mass is 19.1. The van der Waals surface area contributed by atoms with Crippen molar-refractivity contribution in [3.8, 4) is 11.5 Å². The van der Waals surface area contributed by atoms with Gasteiger partial charge in [-0.05, 0) is 74.8 Å². The first-order chi connectivity index (χ1) is 28.2. The molecule has 1 N–H and O–H groups in total. The molecular formula is C39H46F2N2O17. The van der Waals surface area contributed by atoms with E-state index in [1.807, 2.05) is 0 Å². The molecule has 2 saturated carbocycles. The molecule has 0 heterocycles. The lowest BCUT2D eigenvalue weighted by molar-refractivity contribution is -0.757. The van der Waals surface area contributed by atoms with Crippen LogP contribution in [0.25, 0.3) is 0 Å². The molecule has 4 aliphatic rings. The largest absolute Gasteiger partial charge is 0.514 e. The maximum absolute atomic E-state index is 17.8. The number of carbonyl (C=O) groups is 5. The van der Waals surface area contributed by atoms with Crippen LogP contribution in [0.1, 0.15) is 82.5 Å². The van der Waals surface area contributed by atoms with Crippen molar-refractivity contribution in [3.05, 3.63) is 67.5 Å². The highest BCUT2D eigenvalue weighted by molar-refractivity contribution is 5.95. The van der Waals surface area contributed by atoms with E-state index in [4.69, 9.17) is 23.7 Å². The van der Waals surface area contributed by atoms with Gasteiger partial charge in [-0.2, -0.15) is 0 Å². The predicted octanol–water partition coefficient (Wildman–Crippen LogP) is 5.11. The number of nitrogens with zero attached hydrogens (tertiary/aromatic N) is 2. The number of halogens is 2. The number of allylic oxidation sites excluding steroid dienone is 4. The second-order valence-electron chi connectivity index (χ2n) is 15.7. The first-order valence-electron chi connectivity index (χ1n) is 19.2. The summed E-state index contributed by atoms with van der Waals surface area (Å²) in [4.78, 5) is 95.3. The third kappa shape index (κ3) is 8.35. The summed E-state index contributed by atoms with van der Waals surface area (Å²) in [5.74, 6) is -7.35. The Morgan fingerprint density at radius 3 is 2.30 bits per heavy atom. The van der Waals surface area contributed by atoms with Gasteiger partial charge in [-0.15, -0.1) is 20.2 Å². The van der Waals surface area contributed by atoms with E-state index in [9.17, 15) is 49.3 Å². The molecule has 2 unspecified atom stereocenters. The van der Waals surface area contributed by atoms with Crippen molar-refractivity contribution in [2.24, 2.45) is 28.6 Å². The van der Waals surface area contributed by atoms with Crippen LogP contribution in [0.5, 0.6) is 11.5 Å². The molecule has 2 fully saturated rings. The molecule has 328 valence electrons. The first-order valence-corrected chi connectivity index (χ1v) is 19.2. The van der Waals surface area contributed by atoms with E-state index >= 15 is 8.78 Å². The van der Waals surface area contributed by atoms with Gasteiger partial charge in [0.05, 0.1) is 38.6 Å². The zero-order valence-electron chi connectivity index (χ0n) is 33.3. The van der Waals surface area contributed by atoms with Gasteiger partial charge in [-0.1, -0.05) is 19.9 Å². The summed E-state index contributed by atoms with van der Waals surface area (Å²) in [6.45, 7) is 2.70. The van der Waals surface area contributed by atoms with Crippen LogP contribution in [0.3, 0.4) is 0 Å². The number of aliphatic hydroxyl groups is 1. The van der Waals surface area contributed by atoms with Crippen molar-refractivity contribution in [1.29, 1.82) is 0 Å². The zero-order valence-corrected chi connectivity index (χ0v) is 33.3. The average Bonchev–Trinajstić information content (AvgIpc) is 3.40. The molecule has 8 atom stereocenters. The number of Topliss-reactive ketones (excluding diaryl/α,β-unsaturated/α-hetero) is 1. The van der Waals surface area contributed by atoms with Crippen molar-refractivity contribution in [2.75, 3.05) is 33.5 Å². The van der Waals surface area contributed by atoms with Gasteiger partial charge in [-0.3, -0.25) is 14.4 Å². The molecule has 0 saturated heterocycles. The third-order valence-corrected chi connectivity index (χ3v) is 12.5. The fraction of sp³-hybridized carbons (Fsp3) is 0.615. The lowest BCUT2D eigenvalue weighted by Crippen LogP contribution is -2.70. The second-order valence-corrected chi connectivity index (χ2v) is 15.7. The predicted molar refractivity (Wildman–Crippen MR) is 196 cm³/mol. The van der Waals surface area contributed by atoms with Crippen LogP contribution >= 0.6 is 0 Å². The van der Waals surface area contributed by atoms with Gasteiger partial charge in [0, 0.05) is 41.9 Å². The van der Waals surface area contributed by atoms with Crippen LogP contribution in [0, 0.1) is 48.8 Å². The Hall–Kier alpha value is -5.73. The molecule has 4 aliphatic carbocycles. The van der Waals surface area contributed by atoms with Gasteiger partial charge in [0.25, 0.3) is 10.2 Å². The van der Waals surface area contributed by atoms with Crippen LogP contribution in [0.2, 0.25) is 0 Å². The van der Waals surface area contributed by atoms with E-state index in [0.717, 1.165) is 6.08 Å². The van der Waals surface area contributed by atoms with Crippen molar-refractivity contribution in [3.63, 3.8) is 0 Å². The number of ketones is 2. The molecule has 0 amide bonds. The molecule has 21 heteroatoms. The Labute approximate surface area is 341 Å². The van der Waals surface area contributed by atoms with Gasteiger partial charge >= 0.3 is 18.1 Å². The summed E-state index contributed by atoms with van der Waals surface area (Å²) >= 11 is 0. The van der Waals surface area contributed by atoms with Gasteiger partial charge in [0.15, 0.2) is 35.2 Å². The number of esters is 2. The minimum atomic E-state index is -2.51. The van der Waals surface area contributed by atoms with Gasteiger partial charge in [0.1, 0.15) is 5.83 Å². The van der Waals surface area contributed by atoms with Gasteiger partial charge in [-0.25, -0.2) is 18.4 Å². The molecule has 0 aromatic heterocycles. The molecule has 19 nitrogen and oxygen atoms in total. The smallest absolute Gasteiger partial charge is 0.493 e. The fourth-order valence-corrected chi connectivity index (χ4v) is 9.77. The number of rotatable bonds is 18. The molecule has 1 aromatic rings. The number of methoxy groups -OCH3 is 1. The molecule has 5 rings (SSSR count). The second kappa shape index (κ2) is 17.9. The number of hydrogen-bond donors (Lipinski definition) is 1. The summed E-state index contributed by atoms with van der Waals surface area (Å²) in [5.41, 5.74) is -8.10. The van der Waals surface area contributed by atoms with E-state index < -0.39 is 124 Å². The molecule has 60 heavy (non-hydrogen) atoms. The van der Waals surface area contributed by atoms with Crippen molar-refractivity contribution in [1.82, 2.24) is 0 Å². The number of ether oxygens (including phenoxy) is 5. The lowest BCUT2D eigenvalue weighted by atomic mass is 9.45. The number of aliphatic hydroxyl groups excluding tert-OH is 1. The summed E-state index contributed by atoms with van der Waals surface area (Å²) < 4.78 is 60.7. The highest BCUT2D eigenvalue weighted by Crippen LogP contribution is 2.71. The highest BCUT2D eigenvalue weighted by Gasteiger charge is 2.77. The fourth-order valence-electron chi connectivity index (χ4n) is 9.77. The lowest BCUT2D eigenvalue weighted by Gasteiger charge is -2.62. The molecular weight excluding hydrogens is 806 g/mol. The van der Waals surface area contributed by atoms with E-state index in [2.05, 4.69) is 9.68 Å². The Kier molecular flexibility index (Phi) is 13.5. The SMILES string of the molecule is COc1cc(C(=O)OCCCCO[N+](=O)[O-])ccc1OC(=O)OCC(=O)[C@@]1(OC(=O)CCCO[N+](=O)[O-])[C@H](C)CC2C3CC(F)=C4CC(=O)C=C[C@]4(C)[C@@]3(F)[C@@H](O)C[C@@]21C. The monoisotopic (exact) mass is 852 g/mol. The molecule has 0 bridgehead atoms. The maximum atomic E-state index is 17.8. The normalized spacial score (nSPS) is 30.2. The number of fused-ring (bicyclic) bond motifs is 5. The Balaban J connectivity index is 1.36. The Morgan fingerprint density at radius 1 is 0.967 bits per heavy atom. The van der Waals surface area contributed by atoms with Crippen molar-refractivity contribution >= 4 is 29.7 Å². The average molecular weight is 853 g/mol. The van der Waals surface area contributed by atoms with Gasteiger partial charge < -0.3 is 38.5 Å². The molecule has 0 spiro atoms. The van der Waals surface area contributed by atoms with E-state index in [-0.39, 0.29) is 68.0 Å². The molecule has 0 aliphatic heterocycles. The standard InChI is InChI=1S/C39H46F2N2O17/c1-22-16-25-26-19-28(40)27-18-24(44)11-12-36(27,2)38(26,41)31(45)20-37(25,3)39(22,60-33(47)8-7-15-58-43(52)53)32(46)21-56-35(49)59-29-10-9-23(17-30(29)54-4)34(48)55-13-5-6-14-57-42(50)51/h9-12,17,22,25-26,31,45H,5-8,13-16,18-21H2,1-4H3/t22-,25?,26?,31+,36+,37+,38+,39+/m1/s1. The van der Waals surface area contributed by atoms with E-state index in [1.54, 1.807) is 6.92 Å². The number of benzene rings is 1. The number of hydrogen-bond acceptors (Lipinski definition) is 17. The number of carbonyl (C=O) groups excluding carboxylic acids is 5. The number of unbranched alkanes of at least 4 members (excludes halogenated alkanes) is 1. The number of alkyl halides is 1. The Bertz CT molecular complexity index is 1970. The summed E-state index contributed by atoms with van der Waals surface area (Å²) in [6, 6.07) is 3.63. The van der Waals surface area contributed by atoms with E-state index in [1.165, 1.54) is 45.2 Å². The maximum Gasteiger partial charge on any atom is 0.514 e. The van der Waals surface area contributed by atoms with Crippen LogP contribution in [0.15, 0.2) is 41.8 Å². The zero-order chi connectivity index (χ0) is 44.2. The molecule has 0 radical (unpaired) electrons. The minimum absolute atomic E-state index is 0.00318. The van der Waals surface area contributed by atoms with Gasteiger partial charge in [0.2, 0.25) is 5.78 Å². The molecule has 1 aromatic carbocycles. The van der Waals surface area contributed by atoms with Crippen molar-refractivity contribution < 1.29 is 81.4 Å². The van der Waals surface area contributed by atoms with Crippen LogP contribution in [-0.2, 0) is 38.3 Å². The van der Waals surface area contributed by atoms with Crippen molar-refractivity contribution in [2.45, 2.75) is 89.5 Å². The Morgan fingerprint density at radius 2 is 1.63 bits per heavy atom. The third-order valence-electron chi connectivity index (χ3n) is 12.5. The summed E-state index contributed by atoms with van der Waals surface area (Å²) in [7, 11) is 1.21. The first kappa shape index (κ1) is 45.4. The summed E-state index contributed by atoms with van der Waals surface area (Å²) in [5, 5.41) is 30.7. The minimum Gasteiger partial charge on any atom is -0.493 e. The topological polar surface area (TPSA) is 256 Å². The summed E-state index contributed by atoms with van der Waals surface area (Å²) in [6.07, 6.45) is -2.35. The van der Waals surface area contributed by atoms with E-state index in [0.29, 0.717) is 0 Å². The van der Waals surface area contributed by atoms with Crippen LogP contribution in [-0.4, -0.2) is 95.9 Å². The quantitative estimate of drug-likeness (QED) is 0.0502.